The average Bonchev–Trinajstić information content (AvgIpc) is 2.96. The van der Waals surface area contributed by atoms with E-state index in [0.29, 0.717) is 0 Å². The van der Waals surface area contributed by atoms with Crippen LogP contribution in [0.4, 0.5) is 0 Å². The molecule has 1 N–H and O–H groups in total. The fourth-order valence-electron chi connectivity index (χ4n) is 4.13. The van der Waals surface area contributed by atoms with Crippen molar-refractivity contribution in [1.82, 2.24) is 5.32 Å². The standard InChI is InChI=1S/C16H31N/c1-4-8-17-16(9-12(3)5-2)15-11-13-6-7-14(15)10-13/h12-17H,4-11H2,1-3H3. The number of hydrogen-bond acceptors (Lipinski definition) is 1. The predicted octanol–water partition coefficient (Wildman–Crippen LogP) is 4.23. The summed E-state index contributed by atoms with van der Waals surface area (Å²) >= 11 is 0. The third-order valence-corrected chi connectivity index (χ3v) is 5.32. The summed E-state index contributed by atoms with van der Waals surface area (Å²) in [5.41, 5.74) is 0. The van der Waals surface area contributed by atoms with Crippen LogP contribution >= 0.6 is 0 Å². The van der Waals surface area contributed by atoms with E-state index in [1.807, 2.05) is 0 Å². The molecule has 2 saturated carbocycles. The van der Waals surface area contributed by atoms with Crippen LogP contribution in [0.15, 0.2) is 0 Å². The lowest BCUT2D eigenvalue weighted by atomic mass is 9.79. The molecule has 1 nitrogen and oxygen atoms in total. The van der Waals surface area contributed by atoms with Crippen molar-refractivity contribution in [3.63, 3.8) is 0 Å². The fourth-order valence-corrected chi connectivity index (χ4v) is 4.13. The molecule has 2 rings (SSSR count). The minimum atomic E-state index is 0.820. The van der Waals surface area contributed by atoms with Crippen LogP contribution in [0.1, 0.15) is 65.7 Å². The van der Waals surface area contributed by atoms with Crippen LogP contribution in [0.5, 0.6) is 0 Å². The van der Waals surface area contributed by atoms with Crippen LogP contribution in [0, 0.1) is 23.7 Å². The van der Waals surface area contributed by atoms with Gasteiger partial charge < -0.3 is 5.32 Å². The van der Waals surface area contributed by atoms with Gasteiger partial charge in [-0.3, -0.25) is 0 Å². The van der Waals surface area contributed by atoms with E-state index in [1.165, 1.54) is 45.1 Å². The van der Waals surface area contributed by atoms with Crippen LogP contribution in [-0.4, -0.2) is 12.6 Å². The van der Waals surface area contributed by atoms with E-state index >= 15 is 0 Å². The van der Waals surface area contributed by atoms with Gasteiger partial charge in [0.05, 0.1) is 0 Å². The summed E-state index contributed by atoms with van der Waals surface area (Å²) in [6, 6.07) is 0.820. The first kappa shape index (κ1) is 13.4. The van der Waals surface area contributed by atoms with Crippen molar-refractivity contribution in [2.45, 2.75) is 71.8 Å². The third-order valence-electron chi connectivity index (χ3n) is 5.32. The van der Waals surface area contributed by atoms with Gasteiger partial charge in [0.2, 0.25) is 0 Å². The van der Waals surface area contributed by atoms with Crippen molar-refractivity contribution in [2.24, 2.45) is 23.7 Å². The molecule has 100 valence electrons. The molecule has 2 bridgehead atoms. The minimum absolute atomic E-state index is 0.820. The molecule has 0 aromatic rings. The predicted molar refractivity (Wildman–Crippen MR) is 75.1 cm³/mol. The molecule has 2 aliphatic carbocycles. The van der Waals surface area contributed by atoms with Gasteiger partial charge >= 0.3 is 0 Å². The summed E-state index contributed by atoms with van der Waals surface area (Å²) < 4.78 is 0. The molecule has 0 saturated heterocycles. The Balaban J connectivity index is 1.89. The van der Waals surface area contributed by atoms with E-state index in [1.54, 1.807) is 6.42 Å². The van der Waals surface area contributed by atoms with Crippen molar-refractivity contribution in [3.05, 3.63) is 0 Å². The molecule has 1 heteroatoms. The Morgan fingerprint density at radius 3 is 2.53 bits per heavy atom. The summed E-state index contributed by atoms with van der Waals surface area (Å²) in [5, 5.41) is 3.86. The topological polar surface area (TPSA) is 12.0 Å². The Hall–Kier alpha value is -0.0400. The smallest absolute Gasteiger partial charge is 0.0101 e. The van der Waals surface area contributed by atoms with Gasteiger partial charge in [-0.15, -0.1) is 0 Å². The summed E-state index contributed by atoms with van der Waals surface area (Å²) in [4.78, 5) is 0. The lowest BCUT2D eigenvalue weighted by Crippen LogP contribution is -2.40. The Labute approximate surface area is 108 Å². The van der Waals surface area contributed by atoms with Gasteiger partial charge in [0.25, 0.3) is 0 Å². The zero-order valence-electron chi connectivity index (χ0n) is 12.0. The van der Waals surface area contributed by atoms with Crippen LogP contribution in [0.2, 0.25) is 0 Å². The zero-order chi connectivity index (χ0) is 12.3. The second-order valence-electron chi connectivity index (χ2n) is 6.65. The molecule has 5 unspecified atom stereocenters. The van der Waals surface area contributed by atoms with E-state index in [4.69, 9.17) is 0 Å². The summed E-state index contributed by atoms with van der Waals surface area (Å²) in [7, 11) is 0. The molecular weight excluding hydrogens is 206 g/mol. The number of rotatable bonds is 7. The first-order valence-corrected chi connectivity index (χ1v) is 7.97. The number of nitrogens with one attached hydrogen (secondary N) is 1. The molecule has 0 heterocycles. The molecule has 2 fully saturated rings. The quantitative estimate of drug-likeness (QED) is 0.699. The molecule has 0 aromatic carbocycles. The maximum Gasteiger partial charge on any atom is 0.0101 e. The highest BCUT2D eigenvalue weighted by molar-refractivity contribution is 4.95. The van der Waals surface area contributed by atoms with Gasteiger partial charge in [0.1, 0.15) is 0 Å². The van der Waals surface area contributed by atoms with Gasteiger partial charge in [-0.25, -0.2) is 0 Å². The molecular formula is C16H31N. The monoisotopic (exact) mass is 237 g/mol. The van der Waals surface area contributed by atoms with Crippen LogP contribution in [-0.2, 0) is 0 Å². The van der Waals surface area contributed by atoms with Gasteiger partial charge in [-0.2, -0.15) is 0 Å². The average molecular weight is 237 g/mol. The molecule has 2 aliphatic rings. The lowest BCUT2D eigenvalue weighted by molar-refractivity contribution is 0.219. The van der Waals surface area contributed by atoms with Gasteiger partial charge in [-0.05, 0) is 62.3 Å². The maximum absolute atomic E-state index is 3.86. The number of hydrogen-bond donors (Lipinski definition) is 1. The highest BCUT2D eigenvalue weighted by atomic mass is 14.9. The van der Waals surface area contributed by atoms with Crippen molar-refractivity contribution in [2.75, 3.05) is 6.54 Å². The third kappa shape index (κ3) is 3.24. The molecule has 17 heavy (non-hydrogen) atoms. The number of fused-ring (bicyclic) bond motifs is 2. The van der Waals surface area contributed by atoms with E-state index in [-0.39, 0.29) is 0 Å². The lowest BCUT2D eigenvalue weighted by Gasteiger charge is -2.33. The first-order chi connectivity index (χ1) is 8.24. The van der Waals surface area contributed by atoms with E-state index in [0.717, 1.165) is 29.7 Å². The van der Waals surface area contributed by atoms with Crippen molar-refractivity contribution < 1.29 is 0 Å². The molecule has 0 aliphatic heterocycles. The van der Waals surface area contributed by atoms with E-state index in [2.05, 4.69) is 26.1 Å². The van der Waals surface area contributed by atoms with Crippen LogP contribution in [0.3, 0.4) is 0 Å². The fraction of sp³-hybridized carbons (Fsp3) is 1.00. The van der Waals surface area contributed by atoms with Crippen molar-refractivity contribution in [1.29, 1.82) is 0 Å². The van der Waals surface area contributed by atoms with Crippen molar-refractivity contribution >= 4 is 0 Å². The van der Waals surface area contributed by atoms with E-state index in [9.17, 15) is 0 Å². The highest BCUT2D eigenvalue weighted by Crippen LogP contribution is 2.50. The summed E-state index contributed by atoms with van der Waals surface area (Å²) in [6.45, 7) is 8.26. The molecule has 0 radical (unpaired) electrons. The minimum Gasteiger partial charge on any atom is -0.314 e. The Bertz CT molecular complexity index is 226. The maximum atomic E-state index is 3.86. The molecule has 5 atom stereocenters. The van der Waals surface area contributed by atoms with Crippen LogP contribution in [0.25, 0.3) is 0 Å². The summed E-state index contributed by atoms with van der Waals surface area (Å²) in [5.74, 6) is 4.06. The van der Waals surface area contributed by atoms with Crippen LogP contribution < -0.4 is 5.32 Å². The largest absolute Gasteiger partial charge is 0.314 e. The van der Waals surface area contributed by atoms with E-state index < -0.39 is 0 Å². The summed E-state index contributed by atoms with van der Waals surface area (Å²) in [6.07, 6.45) is 10.2. The normalized spacial score (nSPS) is 35.1. The zero-order valence-corrected chi connectivity index (χ0v) is 12.0. The van der Waals surface area contributed by atoms with Crippen molar-refractivity contribution in [3.8, 4) is 0 Å². The van der Waals surface area contributed by atoms with Gasteiger partial charge in [0.15, 0.2) is 0 Å². The Kier molecular flexibility index (Phi) is 4.90. The first-order valence-electron chi connectivity index (χ1n) is 7.97. The second kappa shape index (κ2) is 6.22. The molecule has 0 amide bonds. The Morgan fingerprint density at radius 2 is 2.00 bits per heavy atom. The molecule has 0 spiro atoms. The highest BCUT2D eigenvalue weighted by Gasteiger charge is 2.42. The SMILES string of the molecule is CCCNC(CC(C)CC)C1CC2CCC1C2. The van der Waals surface area contributed by atoms with Gasteiger partial charge in [-0.1, -0.05) is 33.6 Å². The molecule has 0 aromatic heterocycles. The second-order valence-corrected chi connectivity index (χ2v) is 6.65. The van der Waals surface area contributed by atoms with Gasteiger partial charge in [0, 0.05) is 6.04 Å². The Morgan fingerprint density at radius 1 is 1.18 bits per heavy atom.